The number of carbonyl (C=O) groups excluding carboxylic acids is 2. The monoisotopic (exact) mass is 732 g/mol. The van der Waals surface area contributed by atoms with Crippen LogP contribution in [0.3, 0.4) is 0 Å². The van der Waals surface area contributed by atoms with Crippen molar-refractivity contribution in [3.05, 3.63) is 22.7 Å². The number of aldehydes is 1. The first-order chi connectivity index (χ1) is 22.7. The minimum Gasteiger partial charge on any atom is -0.394 e. The molecule has 3 rings (SSSR count). The van der Waals surface area contributed by atoms with Crippen molar-refractivity contribution in [2.45, 2.75) is 67.2 Å². The van der Waals surface area contributed by atoms with Gasteiger partial charge in [-0.1, -0.05) is 0 Å². The molecule has 1 aromatic rings. The number of thioether (sulfide) groups is 1. The second kappa shape index (κ2) is 18.2. The number of aliphatic hydroxyl groups excluding tert-OH is 6. The third kappa shape index (κ3) is 10.7. The Kier molecular flexibility index (Phi) is 15.3. The lowest BCUT2D eigenvalue weighted by molar-refractivity contribution is -0.274. The number of methoxy groups -OCH3 is 1. The van der Waals surface area contributed by atoms with E-state index in [1.165, 1.54) is 24.9 Å². The first-order valence-electron chi connectivity index (χ1n) is 14.4. The molecule has 5 unspecified atom stereocenters. The third-order valence-corrected chi connectivity index (χ3v) is 9.13. The van der Waals surface area contributed by atoms with Crippen LogP contribution in [0.15, 0.2) is 17.1 Å². The van der Waals surface area contributed by atoms with E-state index in [2.05, 4.69) is 10.3 Å². The van der Waals surface area contributed by atoms with Crippen LogP contribution in [0.2, 0.25) is 0 Å². The quantitative estimate of drug-likeness (QED) is 0.0366. The van der Waals surface area contributed by atoms with E-state index in [9.17, 15) is 54.5 Å². The molecular formula is C25H41N4O17PS. The molecule has 0 radical (unpaired) electrons. The number of nitrogens with two attached hydrogens (primary N) is 1. The lowest BCUT2D eigenvalue weighted by Crippen LogP contribution is -2.66. The number of anilines is 1. The molecule has 274 valence electrons. The number of hydrogen-bond acceptors (Lipinski definition) is 19. The highest BCUT2D eigenvalue weighted by Gasteiger charge is 2.55. The van der Waals surface area contributed by atoms with Crippen molar-refractivity contribution < 1.29 is 77.7 Å². The molecule has 1 aromatic heterocycles. The van der Waals surface area contributed by atoms with E-state index in [-0.39, 0.29) is 17.9 Å². The van der Waals surface area contributed by atoms with Gasteiger partial charge in [-0.2, -0.15) is 4.98 Å². The van der Waals surface area contributed by atoms with Gasteiger partial charge in [0.05, 0.1) is 50.9 Å². The number of nitrogens with one attached hydrogen (secondary N) is 1. The lowest BCUT2D eigenvalue weighted by atomic mass is 9.89. The van der Waals surface area contributed by atoms with Gasteiger partial charge in [-0.25, -0.2) is 13.9 Å². The Morgan fingerprint density at radius 1 is 1.29 bits per heavy atom. The summed E-state index contributed by atoms with van der Waals surface area (Å²) in [6.07, 6.45) is -14.0. The van der Waals surface area contributed by atoms with Crippen molar-refractivity contribution >= 4 is 37.6 Å². The van der Waals surface area contributed by atoms with Gasteiger partial charge in [0.25, 0.3) is 0 Å². The van der Waals surface area contributed by atoms with Crippen LogP contribution in [0.25, 0.3) is 0 Å². The van der Waals surface area contributed by atoms with Crippen molar-refractivity contribution in [1.29, 1.82) is 0 Å². The van der Waals surface area contributed by atoms with Gasteiger partial charge in [0.15, 0.2) is 12.5 Å². The van der Waals surface area contributed by atoms with Gasteiger partial charge in [0.2, 0.25) is 11.7 Å². The number of aliphatic hydroxyl groups is 6. The zero-order valence-electron chi connectivity index (χ0n) is 25.6. The average Bonchev–Trinajstić information content (AvgIpc) is 3.32. The number of nitrogens with zero attached hydrogens (tertiary/aromatic N) is 2. The molecule has 3 heterocycles. The zero-order chi connectivity index (χ0) is 35.6. The Balaban J connectivity index is 1.67. The third-order valence-electron chi connectivity index (χ3n) is 7.19. The number of phosphoric acid groups is 1. The van der Waals surface area contributed by atoms with Gasteiger partial charge >= 0.3 is 13.5 Å². The van der Waals surface area contributed by atoms with Crippen LogP contribution in [0.1, 0.15) is 12.6 Å². The van der Waals surface area contributed by atoms with Crippen molar-refractivity contribution in [2.75, 3.05) is 57.4 Å². The molecule has 11 atom stereocenters. The summed E-state index contributed by atoms with van der Waals surface area (Å²) in [5, 5.41) is 64.3. The lowest BCUT2D eigenvalue weighted by Gasteiger charge is -2.46. The molecular weight excluding hydrogens is 691 g/mol. The highest BCUT2D eigenvalue weighted by Crippen LogP contribution is 2.50. The topological polar surface area (TPSA) is 321 Å². The Hall–Kier alpha value is -2.12. The summed E-state index contributed by atoms with van der Waals surface area (Å²) in [7, 11) is -3.86. The molecule has 1 amide bonds. The maximum atomic E-state index is 13.0. The molecule has 2 fully saturated rings. The van der Waals surface area contributed by atoms with Crippen LogP contribution in [0, 0.1) is 0 Å². The van der Waals surface area contributed by atoms with Gasteiger partial charge in [-0.05, 0) is 6.07 Å². The Labute approximate surface area is 277 Å². The molecule has 0 aliphatic carbocycles. The summed E-state index contributed by atoms with van der Waals surface area (Å²) >= 11 is 1.17. The normalized spacial score (nSPS) is 31.5. The average molecular weight is 733 g/mol. The maximum absolute atomic E-state index is 13.0. The first kappa shape index (κ1) is 40.3. The Morgan fingerprint density at radius 3 is 2.67 bits per heavy atom. The molecule has 0 aromatic carbocycles. The fraction of sp³-hybridized carbons (Fsp3) is 0.760. The van der Waals surface area contributed by atoms with Gasteiger partial charge in [-0.15, -0.1) is 11.8 Å². The summed E-state index contributed by atoms with van der Waals surface area (Å²) < 4.78 is 44.7. The Morgan fingerprint density at radius 2 is 2.02 bits per heavy atom. The number of carbonyl (C=O) groups is 2. The molecule has 2 saturated heterocycles. The predicted octanol–water partition coefficient (Wildman–Crippen LogP) is -4.78. The van der Waals surface area contributed by atoms with E-state index < -0.39 is 99.8 Å². The van der Waals surface area contributed by atoms with Crippen LogP contribution in [-0.4, -0.2) is 163 Å². The van der Waals surface area contributed by atoms with Gasteiger partial charge < -0.3 is 65.5 Å². The summed E-state index contributed by atoms with van der Waals surface area (Å²) in [5.74, 6) is -3.29. The van der Waals surface area contributed by atoms with E-state index in [1.54, 1.807) is 0 Å². The van der Waals surface area contributed by atoms with E-state index in [0.717, 1.165) is 10.8 Å². The van der Waals surface area contributed by atoms with Crippen LogP contribution >= 0.6 is 19.6 Å². The summed E-state index contributed by atoms with van der Waals surface area (Å²) in [6, 6.07) is -0.281. The summed E-state index contributed by atoms with van der Waals surface area (Å²) in [6.45, 7) is -0.884. The molecule has 48 heavy (non-hydrogen) atoms. The minimum atomic E-state index is -5.38. The minimum absolute atomic E-state index is 0.119. The number of ether oxygens (including phenoxy) is 4. The van der Waals surface area contributed by atoms with E-state index in [4.69, 9.17) is 33.7 Å². The molecule has 2 aliphatic rings. The maximum Gasteiger partial charge on any atom is 0.475 e. The number of aromatic nitrogens is 2. The fourth-order valence-corrected chi connectivity index (χ4v) is 6.38. The van der Waals surface area contributed by atoms with E-state index in [1.807, 2.05) is 0 Å². The summed E-state index contributed by atoms with van der Waals surface area (Å²) in [4.78, 5) is 51.0. The van der Waals surface area contributed by atoms with Crippen molar-refractivity contribution in [2.24, 2.45) is 0 Å². The molecule has 2 aliphatic heterocycles. The van der Waals surface area contributed by atoms with Gasteiger partial charge in [0, 0.05) is 25.5 Å². The number of rotatable bonds is 19. The van der Waals surface area contributed by atoms with E-state index >= 15 is 0 Å². The predicted molar refractivity (Wildman–Crippen MR) is 161 cm³/mol. The number of amides is 1. The zero-order valence-corrected chi connectivity index (χ0v) is 27.3. The van der Waals surface area contributed by atoms with Crippen LogP contribution in [0.4, 0.5) is 5.82 Å². The van der Waals surface area contributed by atoms with Gasteiger partial charge in [-0.3, -0.25) is 18.7 Å². The molecule has 10 N–H and O–H groups in total. The second-order valence-electron chi connectivity index (χ2n) is 10.7. The Bertz CT molecular complexity index is 1310. The smallest absolute Gasteiger partial charge is 0.394 e. The van der Waals surface area contributed by atoms with E-state index in [0.29, 0.717) is 25.6 Å². The molecule has 0 bridgehead atoms. The SMILES string of the molecule is COCCOCCSCC(=O)N[C@H]1C([C@H](O)C(O)CO)O[C@@](C=O)(OP(=O)(O)OCC2OC(n3ccc(N)nc3=O)[C@H](O)[C@@H]2O)C[C@@H]1O. The highest BCUT2D eigenvalue weighted by atomic mass is 32.2. The molecule has 0 saturated carbocycles. The van der Waals surface area contributed by atoms with Crippen molar-refractivity contribution in [1.82, 2.24) is 14.9 Å². The molecule has 23 heteroatoms. The number of hydrogen-bond donors (Lipinski definition) is 9. The highest BCUT2D eigenvalue weighted by molar-refractivity contribution is 7.99. The fourth-order valence-electron chi connectivity index (χ4n) is 4.79. The second-order valence-corrected chi connectivity index (χ2v) is 13.2. The molecule has 21 nitrogen and oxygen atoms in total. The van der Waals surface area contributed by atoms with Crippen LogP contribution < -0.4 is 16.7 Å². The molecule has 0 spiro atoms. The van der Waals surface area contributed by atoms with Crippen molar-refractivity contribution in [3.63, 3.8) is 0 Å². The number of nitrogen functional groups attached to an aromatic ring is 1. The largest absolute Gasteiger partial charge is 0.475 e. The standard InChI is InChI=1S/C25H41N4O17PS/c1-41-4-5-42-6-7-48-11-17(34)28-18-13(32)8-25(12-31,45-22(18)19(35)14(33)9-30)46-47(39,40)43-10-15-20(36)21(37)23(44-15)29-3-2-16(26)27-24(29)38/h2-3,12-15,18-23,30,32-33,35-37H,4-11H2,1H3,(H,28,34)(H,39,40)(H2,26,27,38)/t13-,14?,15?,18+,19+,20+,21+,22?,23?,25+/m0/s1. The number of phosphoric ester groups is 1. The van der Waals surface area contributed by atoms with Crippen LogP contribution in [-0.2, 0) is 42.1 Å². The summed E-state index contributed by atoms with van der Waals surface area (Å²) in [5.41, 5.74) is 4.52. The first-order valence-corrected chi connectivity index (χ1v) is 17.1. The van der Waals surface area contributed by atoms with Crippen LogP contribution in [0.5, 0.6) is 0 Å². The van der Waals surface area contributed by atoms with Crippen molar-refractivity contribution in [3.8, 4) is 0 Å². The van der Waals surface area contributed by atoms with Gasteiger partial charge in [0.1, 0.15) is 42.4 Å².